The fourth-order valence-corrected chi connectivity index (χ4v) is 3.68. The smallest absolute Gasteiger partial charge is 0.191 e. The molecule has 2 aromatic carbocycles. The van der Waals surface area contributed by atoms with Crippen LogP contribution < -0.4 is 10.6 Å². The largest absolute Gasteiger partial charge is 0.356 e. The van der Waals surface area contributed by atoms with Gasteiger partial charge in [0.2, 0.25) is 0 Å². The average Bonchev–Trinajstić information content (AvgIpc) is 2.62. The minimum atomic E-state index is -3.70. The molecule has 0 aliphatic rings. The summed E-state index contributed by atoms with van der Waals surface area (Å²) in [6, 6.07) is 12.9. The van der Waals surface area contributed by atoms with Crippen molar-refractivity contribution in [3.8, 4) is 0 Å². The molecule has 0 aliphatic heterocycles. The molecule has 0 radical (unpaired) electrons. The van der Waals surface area contributed by atoms with E-state index in [0.29, 0.717) is 17.5 Å². The van der Waals surface area contributed by atoms with Gasteiger partial charge in [-0.05, 0) is 36.2 Å². The van der Waals surface area contributed by atoms with Gasteiger partial charge in [0.25, 0.3) is 0 Å². The van der Waals surface area contributed by atoms with E-state index in [1.165, 1.54) is 18.2 Å². The summed E-state index contributed by atoms with van der Waals surface area (Å²) >= 11 is 5.85. The molecule has 0 bridgehead atoms. The lowest BCUT2D eigenvalue weighted by Crippen LogP contribution is -2.40. The highest BCUT2D eigenvalue weighted by molar-refractivity contribution is 7.91. The van der Waals surface area contributed by atoms with E-state index in [0.717, 1.165) is 18.1 Å². The number of sulfone groups is 1. The Kier molecular flexibility index (Phi) is 7.41. The highest BCUT2D eigenvalue weighted by Crippen LogP contribution is 2.14. The van der Waals surface area contributed by atoms with Gasteiger partial charge in [0.05, 0.1) is 5.75 Å². The lowest BCUT2D eigenvalue weighted by atomic mass is 10.1. The number of nitrogens with zero attached hydrogens (tertiary/aromatic N) is 1. The Hall–Kier alpha value is -2.12. The zero-order valence-corrected chi connectivity index (χ0v) is 15.9. The van der Waals surface area contributed by atoms with E-state index in [4.69, 9.17) is 11.6 Å². The molecule has 0 amide bonds. The molecule has 2 N–H and O–H groups in total. The van der Waals surface area contributed by atoms with Crippen LogP contribution in [0.1, 0.15) is 5.56 Å². The fourth-order valence-electron chi connectivity index (χ4n) is 2.31. The first-order valence-electron chi connectivity index (χ1n) is 8.08. The summed E-state index contributed by atoms with van der Waals surface area (Å²) in [6.07, 6.45) is 0.769. The van der Waals surface area contributed by atoms with Crippen LogP contribution in [0, 0.1) is 5.82 Å². The molecule has 0 aliphatic carbocycles. The van der Waals surface area contributed by atoms with Crippen molar-refractivity contribution in [3.05, 3.63) is 64.9 Å². The summed E-state index contributed by atoms with van der Waals surface area (Å²) in [5.74, 6) is -0.480. The lowest BCUT2D eigenvalue weighted by molar-refractivity contribution is 0.566. The molecule has 2 rings (SSSR count). The predicted octanol–water partition coefficient (Wildman–Crippen LogP) is 2.66. The molecule has 2 aromatic rings. The second-order valence-electron chi connectivity index (χ2n) is 5.55. The Labute approximate surface area is 158 Å². The van der Waals surface area contributed by atoms with E-state index in [2.05, 4.69) is 15.6 Å². The summed E-state index contributed by atoms with van der Waals surface area (Å²) < 4.78 is 38.0. The van der Waals surface area contributed by atoms with Gasteiger partial charge in [0, 0.05) is 25.2 Å². The third-order valence-electron chi connectivity index (χ3n) is 3.68. The Bertz CT molecular complexity index is 855. The highest BCUT2D eigenvalue weighted by Gasteiger charge is 2.18. The van der Waals surface area contributed by atoms with Crippen molar-refractivity contribution in [2.24, 2.45) is 4.99 Å². The number of hydrogen-bond acceptors (Lipinski definition) is 3. The van der Waals surface area contributed by atoms with Gasteiger partial charge in [0.1, 0.15) is 10.7 Å². The molecule has 0 fully saturated rings. The normalized spacial score (nSPS) is 12.0. The number of hydrogen-bond donors (Lipinski definition) is 2. The van der Waals surface area contributed by atoms with Crippen LogP contribution in [0.5, 0.6) is 0 Å². The molecule has 0 saturated carbocycles. The van der Waals surface area contributed by atoms with Crippen LogP contribution >= 0.6 is 11.6 Å². The molecule has 0 unspecified atom stereocenters. The van der Waals surface area contributed by atoms with Crippen molar-refractivity contribution in [1.29, 1.82) is 0 Å². The Morgan fingerprint density at radius 1 is 1.08 bits per heavy atom. The second-order valence-corrected chi connectivity index (χ2v) is 8.07. The van der Waals surface area contributed by atoms with Crippen molar-refractivity contribution in [2.45, 2.75) is 11.3 Å². The minimum absolute atomic E-state index is 0.122. The van der Waals surface area contributed by atoms with Gasteiger partial charge in [-0.1, -0.05) is 35.9 Å². The minimum Gasteiger partial charge on any atom is -0.356 e. The maximum Gasteiger partial charge on any atom is 0.191 e. The van der Waals surface area contributed by atoms with Crippen LogP contribution in [-0.2, 0) is 16.3 Å². The van der Waals surface area contributed by atoms with Gasteiger partial charge in [-0.3, -0.25) is 4.99 Å². The predicted molar refractivity (Wildman–Crippen MR) is 103 cm³/mol. The van der Waals surface area contributed by atoms with E-state index in [1.54, 1.807) is 7.05 Å². The van der Waals surface area contributed by atoms with Crippen molar-refractivity contribution < 1.29 is 12.8 Å². The standard InChI is InChI=1S/C18H21ClFN3O2S/c1-21-18(22-11-10-14-6-8-15(19)9-7-14)23-12-13-26(24,25)17-5-3-2-4-16(17)20/h2-9H,10-13H2,1H3,(H2,21,22,23). The van der Waals surface area contributed by atoms with Gasteiger partial charge in [0.15, 0.2) is 15.8 Å². The van der Waals surface area contributed by atoms with Crippen LogP contribution in [0.2, 0.25) is 5.02 Å². The van der Waals surface area contributed by atoms with Crippen LogP contribution in [0.4, 0.5) is 4.39 Å². The number of aliphatic imine (C=N–C) groups is 1. The molecule has 0 spiro atoms. The van der Waals surface area contributed by atoms with Crippen LogP contribution in [0.15, 0.2) is 58.4 Å². The first-order chi connectivity index (χ1) is 12.4. The number of nitrogens with one attached hydrogen (secondary N) is 2. The highest BCUT2D eigenvalue weighted by atomic mass is 35.5. The Morgan fingerprint density at radius 3 is 2.38 bits per heavy atom. The topological polar surface area (TPSA) is 70.6 Å². The molecule has 140 valence electrons. The van der Waals surface area contributed by atoms with Crippen LogP contribution in [0.25, 0.3) is 0 Å². The molecular weight excluding hydrogens is 377 g/mol. The van der Waals surface area contributed by atoms with E-state index >= 15 is 0 Å². The maximum absolute atomic E-state index is 13.6. The summed E-state index contributed by atoms with van der Waals surface area (Å²) in [4.78, 5) is 3.76. The molecule has 0 heterocycles. The van der Waals surface area contributed by atoms with Crippen LogP contribution in [0.3, 0.4) is 0 Å². The van der Waals surface area contributed by atoms with Gasteiger partial charge in [-0.15, -0.1) is 0 Å². The summed E-state index contributed by atoms with van der Waals surface area (Å²) in [5, 5.41) is 6.72. The van der Waals surface area contributed by atoms with E-state index in [-0.39, 0.29) is 17.2 Å². The van der Waals surface area contributed by atoms with Crippen molar-refractivity contribution >= 4 is 27.4 Å². The number of halogens is 2. The number of guanidine groups is 1. The molecule has 0 aromatic heterocycles. The SMILES string of the molecule is CN=C(NCCc1ccc(Cl)cc1)NCCS(=O)(=O)c1ccccc1F. The second kappa shape index (κ2) is 9.54. The van der Waals surface area contributed by atoms with Crippen molar-refractivity contribution in [1.82, 2.24) is 10.6 Å². The number of benzene rings is 2. The first kappa shape index (κ1) is 20.2. The summed E-state index contributed by atoms with van der Waals surface area (Å²) in [5.41, 5.74) is 1.12. The van der Waals surface area contributed by atoms with E-state index in [9.17, 15) is 12.8 Å². The van der Waals surface area contributed by atoms with Gasteiger partial charge >= 0.3 is 0 Å². The quantitative estimate of drug-likeness (QED) is 0.556. The Morgan fingerprint density at radius 2 is 1.73 bits per heavy atom. The van der Waals surface area contributed by atoms with E-state index < -0.39 is 15.7 Å². The molecule has 8 heteroatoms. The summed E-state index contributed by atoms with van der Waals surface area (Å²) in [6.45, 7) is 0.749. The first-order valence-corrected chi connectivity index (χ1v) is 10.1. The van der Waals surface area contributed by atoms with Crippen molar-refractivity contribution in [3.63, 3.8) is 0 Å². The monoisotopic (exact) mass is 397 g/mol. The van der Waals surface area contributed by atoms with Crippen LogP contribution in [-0.4, -0.2) is 40.3 Å². The molecular formula is C18H21ClFN3O2S. The third kappa shape index (κ3) is 6.00. The zero-order valence-electron chi connectivity index (χ0n) is 14.4. The third-order valence-corrected chi connectivity index (χ3v) is 5.67. The average molecular weight is 398 g/mol. The number of rotatable bonds is 7. The summed E-state index contributed by atoms with van der Waals surface area (Å²) in [7, 11) is -2.10. The molecule has 5 nitrogen and oxygen atoms in total. The molecule has 26 heavy (non-hydrogen) atoms. The fraction of sp³-hybridized carbons (Fsp3) is 0.278. The maximum atomic E-state index is 13.6. The molecule has 0 saturated heterocycles. The zero-order chi connectivity index (χ0) is 19.0. The molecule has 0 atom stereocenters. The van der Waals surface area contributed by atoms with Gasteiger partial charge in [-0.25, -0.2) is 12.8 Å². The van der Waals surface area contributed by atoms with Gasteiger partial charge in [-0.2, -0.15) is 0 Å². The lowest BCUT2D eigenvalue weighted by Gasteiger charge is -2.12. The van der Waals surface area contributed by atoms with E-state index in [1.807, 2.05) is 24.3 Å². The van der Waals surface area contributed by atoms with Crippen molar-refractivity contribution in [2.75, 3.05) is 25.9 Å². The Balaban J connectivity index is 1.80. The van der Waals surface area contributed by atoms with Gasteiger partial charge < -0.3 is 10.6 Å².